The Morgan fingerprint density at radius 2 is 1.82 bits per heavy atom. The zero-order valence-corrected chi connectivity index (χ0v) is 9.54. The molecule has 0 aliphatic heterocycles. The highest BCUT2D eigenvalue weighted by atomic mass is 35.5. The predicted octanol–water partition coefficient (Wildman–Crippen LogP) is 3.73. The van der Waals surface area contributed by atoms with Gasteiger partial charge in [0.2, 0.25) is 0 Å². The van der Waals surface area contributed by atoms with Crippen LogP contribution in [0.2, 0.25) is 5.02 Å². The maximum atomic E-state index is 12.9. The first-order chi connectivity index (χ1) is 8.16. The lowest BCUT2D eigenvalue weighted by atomic mass is 10.2. The molecule has 0 aromatic heterocycles. The number of para-hydroxylation sites is 1. The van der Waals surface area contributed by atoms with E-state index in [0.29, 0.717) is 11.3 Å². The molecule has 0 aliphatic carbocycles. The van der Waals surface area contributed by atoms with E-state index in [1.165, 1.54) is 18.2 Å². The molecular formula is C13H9ClFNO. The Balaban J connectivity index is 2.18. The molecule has 4 heteroatoms. The van der Waals surface area contributed by atoms with Crippen LogP contribution in [0.5, 0.6) is 0 Å². The minimum atomic E-state index is -0.539. The number of hydrogen-bond donors (Lipinski definition) is 1. The lowest BCUT2D eigenvalue weighted by Gasteiger charge is -2.05. The molecule has 0 atom stereocenters. The van der Waals surface area contributed by atoms with E-state index >= 15 is 0 Å². The summed E-state index contributed by atoms with van der Waals surface area (Å²) in [4.78, 5) is 11.8. The number of amides is 1. The van der Waals surface area contributed by atoms with Gasteiger partial charge in [-0.2, -0.15) is 0 Å². The zero-order valence-electron chi connectivity index (χ0n) is 8.78. The average molecular weight is 250 g/mol. The average Bonchev–Trinajstić information content (AvgIpc) is 2.34. The monoisotopic (exact) mass is 249 g/mol. The van der Waals surface area contributed by atoms with Crippen molar-refractivity contribution in [1.82, 2.24) is 0 Å². The lowest BCUT2D eigenvalue weighted by Crippen LogP contribution is -2.11. The Bertz CT molecular complexity index is 542. The highest BCUT2D eigenvalue weighted by Crippen LogP contribution is 2.17. The SMILES string of the molecule is O=C(Nc1ccccc1)c1ccc(F)c(Cl)c1. The summed E-state index contributed by atoms with van der Waals surface area (Å²) in [7, 11) is 0. The summed E-state index contributed by atoms with van der Waals surface area (Å²) in [6, 6.07) is 12.9. The molecule has 0 heterocycles. The van der Waals surface area contributed by atoms with Crippen molar-refractivity contribution in [1.29, 1.82) is 0 Å². The fraction of sp³-hybridized carbons (Fsp3) is 0. The minimum absolute atomic E-state index is 0.0642. The van der Waals surface area contributed by atoms with E-state index in [0.717, 1.165) is 0 Å². The molecule has 86 valence electrons. The molecule has 1 amide bonds. The van der Waals surface area contributed by atoms with Crippen molar-refractivity contribution in [3.63, 3.8) is 0 Å². The molecule has 0 unspecified atom stereocenters. The van der Waals surface area contributed by atoms with Crippen LogP contribution in [-0.2, 0) is 0 Å². The quantitative estimate of drug-likeness (QED) is 0.863. The van der Waals surface area contributed by atoms with Gasteiger partial charge in [-0.05, 0) is 30.3 Å². The van der Waals surface area contributed by atoms with Crippen LogP contribution in [0.1, 0.15) is 10.4 Å². The molecule has 0 bridgehead atoms. The van der Waals surface area contributed by atoms with E-state index in [1.54, 1.807) is 12.1 Å². The van der Waals surface area contributed by atoms with Gasteiger partial charge in [-0.15, -0.1) is 0 Å². The molecule has 17 heavy (non-hydrogen) atoms. The van der Waals surface area contributed by atoms with Crippen molar-refractivity contribution in [2.75, 3.05) is 5.32 Å². The van der Waals surface area contributed by atoms with Crippen molar-refractivity contribution in [3.05, 3.63) is 64.9 Å². The fourth-order valence-electron chi connectivity index (χ4n) is 1.36. The van der Waals surface area contributed by atoms with Crippen LogP contribution in [0.15, 0.2) is 48.5 Å². The van der Waals surface area contributed by atoms with Gasteiger partial charge in [0.15, 0.2) is 0 Å². The molecule has 0 spiro atoms. The van der Waals surface area contributed by atoms with Crippen LogP contribution in [0.3, 0.4) is 0 Å². The van der Waals surface area contributed by atoms with Crippen LogP contribution in [0.4, 0.5) is 10.1 Å². The number of carbonyl (C=O) groups is 1. The van der Waals surface area contributed by atoms with Crippen LogP contribution in [0, 0.1) is 5.82 Å². The fourth-order valence-corrected chi connectivity index (χ4v) is 1.54. The molecule has 0 aliphatic rings. The second-order valence-electron chi connectivity index (χ2n) is 3.45. The Kier molecular flexibility index (Phi) is 3.40. The molecule has 2 nitrogen and oxygen atoms in total. The standard InChI is InChI=1S/C13H9ClFNO/c14-11-8-9(6-7-12(11)15)13(17)16-10-4-2-1-3-5-10/h1-8H,(H,16,17). The summed E-state index contributed by atoms with van der Waals surface area (Å²) in [5.74, 6) is -0.860. The maximum absolute atomic E-state index is 12.9. The Labute approximate surface area is 103 Å². The predicted molar refractivity (Wildman–Crippen MR) is 65.8 cm³/mol. The van der Waals surface area contributed by atoms with Gasteiger partial charge in [-0.3, -0.25) is 4.79 Å². The van der Waals surface area contributed by atoms with Crippen LogP contribution in [-0.4, -0.2) is 5.91 Å². The summed E-state index contributed by atoms with van der Waals surface area (Å²) >= 11 is 5.61. The molecule has 0 saturated heterocycles. The highest BCUT2D eigenvalue weighted by Gasteiger charge is 2.08. The van der Waals surface area contributed by atoms with Gasteiger partial charge in [0.05, 0.1) is 5.02 Å². The van der Waals surface area contributed by atoms with Gasteiger partial charge in [-0.25, -0.2) is 4.39 Å². The first kappa shape index (κ1) is 11.6. The number of halogens is 2. The van der Waals surface area contributed by atoms with E-state index in [9.17, 15) is 9.18 Å². The largest absolute Gasteiger partial charge is 0.322 e. The minimum Gasteiger partial charge on any atom is -0.322 e. The number of anilines is 1. The summed E-state index contributed by atoms with van der Waals surface area (Å²) in [6.07, 6.45) is 0. The van der Waals surface area contributed by atoms with Crippen molar-refractivity contribution in [3.8, 4) is 0 Å². The van der Waals surface area contributed by atoms with E-state index in [4.69, 9.17) is 11.6 Å². The number of carbonyl (C=O) groups excluding carboxylic acids is 1. The van der Waals surface area contributed by atoms with Gasteiger partial charge < -0.3 is 5.32 Å². The second kappa shape index (κ2) is 4.97. The second-order valence-corrected chi connectivity index (χ2v) is 3.86. The smallest absolute Gasteiger partial charge is 0.255 e. The lowest BCUT2D eigenvalue weighted by molar-refractivity contribution is 0.102. The van der Waals surface area contributed by atoms with Crippen LogP contribution >= 0.6 is 11.6 Å². The van der Waals surface area contributed by atoms with Crippen LogP contribution < -0.4 is 5.32 Å². The number of nitrogens with one attached hydrogen (secondary N) is 1. The summed E-state index contributed by atoms with van der Waals surface area (Å²) in [5.41, 5.74) is 0.998. The number of benzene rings is 2. The van der Waals surface area contributed by atoms with Crippen LogP contribution in [0.25, 0.3) is 0 Å². The highest BCUT2D eigenvalue weighted by molar-refractivity contribution is 6.31. The molecule has 0 saturated carbocycles. The van der Waals surface area contributed by atoms with Gasteiger partial charge in [0.1, 0.15) is 5.82 Å². The summed E-state index contributed by atoms with van der Waals surface area (Å²) in [5, 5.41) is 2.62. The Morgan fingerprint density at radius 1 is 1.12 bits per heavy atom. The van der Waals surface area contributed by atoms with Gasteiger partial charge in [0, 0.05) is 11.3 Å². The zero-order chi connectivity index (χ0) is 12.3. The molecule has 2 rings (SSSR count). The topological polar surface area (TPSA) is 29.1 Å². The van der Waals surface area contributed by atoms with Crippen molar-refractivity contribution in [2.24, 2.45) is 0 Å². The molecule has 1 N–H and O–H groups in total. The molecule has 2 aromatic carbocycles. The first-order valence-electron chi connectivity index (χ1n) is 4.98. The van der Waals surface area contributed by atoms with Gasteiger partial charge in [-0.1, -0.05) is 29.8 Å². The third-order valence-corrected chi connectivity index (χ3v) is 2.50. The Hall–Kier alpha value is -1.87. The third kappa shape index (κ3) is 2.82. The van der Waals surface area contributed by atoms with Gasteiger partial charge >= 0.3 is 0 Å². The van der Waals surface area contributed by atoms with E-state index in [1.807, 2.05) is 18.2 Å². The van der Waals surface area contributed by atoms with E-state index in [2.05, 4.69) is 5.32 Å². The third-order valence-electron chi connectivity index (χ3n) is 2.21. The number of rotatable bonds is 2. The van der Waals surface area contributed by atoms with Gasteiger partial charge in [0.25, 0.3) is 5.91 Å². The maximum Gasteiger partial charge on any atom is 0.255 e. The molecule has 0 fully saturated rings. The molecule has 0 radical (unpaired) electrons. The van der Waals surface area contributed by atoms with Crippen molar-refractivity contribution < 1.29 is 9.18 Å². The first-order valence-corrected chi connectivity index (χ1v) is 5.36. The Morgan fingerprint density at radius 3 is 2.47 bits per heavy atom. The molecule has 2 aromatic rings. The summed E-state index contributed by atoms with van der Waals surface area (Å²) < 4.78 is 12.9. The molecular weight excluding hydrogens is 241 g/mol. The van der Waals surface area contributed by atoms with E-state index < -0.39 is 5.82 Å². The van der Waals surface area contributed by atoms with Crippen molar-refractivity contribution in [2.45, 2.75) is 0 Å². The number of hydrogen-bond acceptors (Lipinski definition) is 1. The normalized spacial score (nSPS) is 10.0. The summed E-state index contributed by atoms with van der Waals surface area (Å²) in [6.45, 7) is 0. The van der Waals surface area contributed by atoms with E-state index in [-0.39, 0.29) is 10.9 Å². The van der Waals surface area contributed by atoms with Crippen molar-refractivity contribution >= 4 is 23.2 Å².